The highest BCUT2D eigenvalue weighted by atomic mass is 16.3. The van der Waals surface area contributed by atoms with Crippen molar-refractivity contribution in [2.75, 3.05) is 0 Å². The van der Waals surface area contributed by atoms with Crippen LogP contribution in [0.1, 0.15) is 0 Å². The van der Waals surface area contributed by atoms with Crippen LogP contribution in [0, 0.1) is 0 Å². The maximum absolute atomic E-state index is 6.54. The lowest BCUT2D eigenvalue weighted by molar-refractivity contribution is 0.670. The van der Waals surface area contributed by atoms with E-state index in [0.717, 1.165) is 55.1 Å². The van der Waals surface area contributed by atoms with Crippen molar-refractivity contribution >= 4 is 43.5 Å². The van der Waals surface area contributed by atoms with E-state index < -0.39 is 0 Å². The molecule has 45 heavy (non-hydrogen) atoms. The highest BCUT2D eigenvalue weighted by molar-refractivity contribution is 6.10. The SMILES string of the molecule is c1ccc(-c2nc(-c3ccc4c(ccc5ccccc54)c3)nc(-c3ccc4c(c3)oc3c(-c5ccccc5)cccc34)n2)cc1. The van der Waals surface area contributed by atoms with E-state index in [4.69, 9.17) is 19.4 Å². The fraction of sp³-hybridized carbons (Fsp3) is 0. The van der Waals surface area contributed by atoms with Gasteiger partial charge in [0.2, 0.25) is 0 Å². The van der Waals surface area contributed by atoms with Crippen LogP contribution in [0.3, 0.4) is 0 Å². The molecule has 0 N–H and O–H groups in total. The Labute approximate surface area is 259 Å². The Kier molecular flexibility index (Phi) is 5.78. The van der Waals surface area contributed by atoms with E-state index in [0.29, 0.717) is 17.5 Å². The standard InChI is InChI=1S/C41H25N3O/c1-3-10-26(11-4-1)34-16-9-17-36-35-23-21-31(25-37(35)45-38(34)36)41-43-39(28-13-5-2-6-14-28)42-40(44-41)30-20-22-33-29(24-30)19-18-27-12-7-8-15-32(27)33/h1-25H. The van der Waals surface area contributed by atoms with Gasteiger partial charge in [0.15, 0.2) is 17.5 Å². The van der Waals surface area contributed by atoms with Crippen LogP contribution < -0.4 is 0 Å². The second-order valence-electron chi connectivity index (χ2n) is 11.3. The minimum Gasteiger partial charge on any atom is -0.455 e. The molecule has 0 saturated carbocycles. The summed E-state index contributed by atoms with van der Waals surface area (Å²) in [6.45, 7) is 0. The summed E-state index contributed by atoms with van der Waals surface area (Å²) in [4.78, 5) is 15.0. The van der Waals surface area contributed by atoms with Crippen molar-refractivity contribution in [3.63, 3.8) is 0 Å². The molecule has 9 rings (SSSR count). The van der Waals surface area contributed by atoms with Crippen molar-refractivity contribution in [1.29, 1.82) is 0 Å². The van der Waals surface area contributed by atoms with Gasteiger partial charge in [-0.2, -0.15) is 0 Å². The molecule has 0 atom stereocenters. The van der Waals surface area contributed by atoms with Gasteiger partial charge in [-0.3, -0.25) is 0 Å². The lowest BCUT2D eigenvalue weighted by Gasteiger charge is -2.10. The monoisotopic (exact) mass is 575 g/mol. The Balaban J connectivity index is 1.21. The molecule has 2 aromatic heterocycles. The van der Waals surface area contributed by atoms with Gasteiger partial charge in [0, 0.05) is 33.0 Å². The number of hydrogen-bond donors (Lipinski definition) is 0. The molecule has 0 aliphatic carbocycles. The lowest BCUT2D eigenvalue weighted by atomic mass is 10.00. The summed E-state index contributed by atoms with van der Waals surface area (Å²) in [6, 6.07) is 52.2. The first kappa shape index (κ1) is 25.4. The summed E-state index contributed by atoms with van der Waals surface area (Å²) >= 11 is 0. The Bertz CT molecular complexity index is 2540. The highest BCUT2D eigenvalue weighted by Crippen LogP contribution is 2.37. The van der Waals surface area contributed by atoms with Gasteiger partial charge in [-0.25, -0.2) is 15.0 Å². The van der Waals surface area contributed by atoms with E-state index in [1.54, 1.807) is 0 Å². The molecule has 4 heteroatoms. The molecule has 0 aliphatic rings. The van der Waals surface area contributed by atoms with Gasteiger partial charge in [-0.1, -0.05) is 133 Å². The molecule has 2 heterocycles. The van der Waals surface area contributed by atoms with Crippen molar-refractivity contribution in [2.45, 2.75) is 0 Å². The molecule has 0 saturated heterocycles. The molecule has 7 aromatic carbocycles. The number of fused-ring (bicyclic) bond motifs is 6. The summed E-state index contributed by atoms with van der Waals surface area (Å²) in [6.07, 6.45) is 0. The fourth-order valence-corrected chi connectivity index (χ4v) is 6.29. The van der Waals surface area contributed by atoms with E-state index >= 15 is 0 Å². The van der Waals surface area contributed by atoms with Crippen LogP contribution in [0.4, 0.5) is 0 Å². The molecular formula is C41H25N3O. The maximum atomic E-state index is 6.54. The smallest absolute Gasteiger partial charge is 0.164 e. The van der Waals surface area contributed by atoms with Gasteiger partial charge >= 0.3 is 0 Å². The van der Waals surface area contributed by atoms with Gasteiger partial charge in [0.05, 0.1) is 0 Å². The number of benzene rings is 7. The van der Waals surface area contributed by atoms with Crippen molar-refractivity contribution in [1.82, 2.24) is 15.0 Å². The van der Waals surface area contributed by atoms with E-state index in [2.05, 4.69) is 109 Å². The largest absolute Gasteiger partial charge is 0.455 e. The van der Waals surface area contributed by atoms with Crippen molar-refractivity contribution in [3.05, 3.63) is 152 Å². The number of hydrogen-bond acceptors (Lipinski definition) is 4. The minimum atomic E-state index is 0.600. The van der Waals surface area contributed by atoms with Crippen LogP contribution in [0.5, 0.6) is 0 Å². The van der Waals surface area contributed by atoms with E-state index in [1.165, 1.54) is 16.2 Å². The first-order valence-electron chi connectivity index (χ1n) is 15.0. The third-order valence-electron chi connectivity index (χ3n) is 8.51. The summed E-state index contributed by atoms with van der Waals surface area (Å²) in [5.74, 6) is 1.86. The third-order valence-corrected chi connectivity index (χ3v) is 8.51. The van der Waals surface area contributed by atoms with Gasteiger partial charge < -0.3 is 4.42 Å². The molecule has 0 fully saturated rings. The number of rotatable bonds is 4. The highest BCUT2D eigenvalue weighted by Gasteiger charge is 2.16. The zero-order chi connectivity index (χ0) is 29.7. The molecule has 9 aromatic rings. The first-order chi connectivity index (χ1) is 22.3. The van der Waals surface area contributed by atoms with Gasteiger partial charge in [-0.15, -0.1) is 0 Å². The summed E-state index contributed by atoms with van der Waals surface area (Å²) in [7, 11) is 0. The van der Waals surface area contributed by atoms with Crippen LogP contribution >= 0.6 is 0 Å². The number of furan rings is 1. The van der Waals surface area contributed by atoms with Crippen LogP contribution in [0.25, 0.3) is 88.8 Å². The number of aromatic nitrogens is 3. The molecule has 0 amide bonds. The minimum absolute atomic E-state index is 0.600. The van der Waals surface area contributed by atoms with Gasteiger partial charge in [0.25, 0.3) is 0 Å². The van der Waals surface area contributed by atoms with E-state index in [9.17, 15) is 0 Å². The average molecular weight is 576 g/mol. The Morgan fingerprint density at radius 3 is 1.71 bits per heavy atom. The zero-order valence-corrected chi connectivity index (χ0v) is 24.2. The lowest BCUT2D eigenvalue weighted by Crippen LogP contribution is -2.00. The summed E-state index contributed by atoms with van der Waals surface area (Å²) in [5, 5.41) is 6.96. The van der Waals surface area contributed by atoms with E-state index in [-0.39, 0.29) is 0 Å². The van der Waals surface area contributed by atoms with Gasteiger partial charge in [-0.05, 0) is 45.3 Å². The topological polar surface area (TPSA) is 51.8 Å². The average Bonchev–Trinajstić information content (AvgIpc) is 3.50. The maximum Gasteiger partial charge on any atom is 0.164 e. The molecular weight excluding hydrogens is 550 g/mol. The Morgan fingerprint density at radius 2 is 0.933 bits per heavy atom. The zero-order valence-electron chi connectivity index (χ0n) is 24.2. The second kappa shape index (κ2) is 10.2. The molecule has 0 aliphatic heterocycles. The van der Waals surface area contributed by atoms with Crippen molar-refractivity contribution in [2.24, 2.45) is 0 Å². The molecule has 0 radical (unpaired) electrons. The molecule has 4 nitrogen and oxygen atoms in total. The normalized spacial score (nSPS) is 11.6. The predicted octanol–water partition coefficient (Wildman–Crippen LogP) is 10.7. The Morgan fingerprint density at radius 1 is 0.356 bits per heavy atom. The molecule has 0 spiro atoms. The number of para-hydroxylation sites is 1. The Hall–Kier alpha value is -6.13. The van der Waals surface area contributed by atoms with Crippen LogP contribution in [0.15, 0.2) is 156 Å². The van der Waals surface area contributed by atoms with E-state index in [1.807, 2.05) is 42.5 Å². The fourth-order valence-electron chi connectivity index (χ4n) is 6.29. The summed E-state index contributed by atoms with van der Waals surface area (Å²) in [5.41, 5.74) is 6.62. The first-order valence-corrected chi connectivity index (χ1v) is 15.0. The molecule has 0 bridgehead atoms. The second-order valence-corrected chi connectivity index (χ2v) is 11.3. The molecule has 210 valence electrons. The predicted molar refractivity (Wildman–Crippen MR) is 184 cm³/mol. The van der Waals surface area contributed by atoms with Crippen molar-refractivity contribution in [3.8, 4) is 45.3 Å². The summed E-state index contributed by atoms with van der Waals surface area (Å²) < 4.78 is 6.54. The molecule has 0 unspecified atom stereocenters. The van der Waals surface area contributed by atoms with Crippen LogP contribution in [0.2, 0.25) is 0 Å². The quantitative estimate of drug-likeness (QED) is 0.196. The van der Waals surface area contributed by atoms with Gasteiger partial charge in [0.1, 0.15) is 11.2 Å². The van der Waals surface area contributed by atoms with Crippen LogP contribution in [-0.4, -0.2) is 15.0 Å². The third kappa shape index (κ3) is 4.35. The van der Waals surface area contributed by atoms with Crippen LogP contribution in [-0.2, 0) is 0 Å². The van der Waals surface area contributed by atoms with Crippen molar-refractivity contribution < 1.29 is 4.42 Å². The number of nitrogens with zero attached hydrogens (tertiary/aromatic N) is 3.